The summed E-state index contributed by atoms with van der Waals surface area (Å²) in [5.74, 6) is 0. The van der Waals surface area contributed by atoms with E-state index in [1.54, 1.807) is 0 Å². The van der Waals surface area contributed by atoms with Crippen LogP contribution in [0.1, 0.15) is 83.1 Å². The van der Waals surface area contributed by atoms with Crippen LogP contribution < -0.4 is 16.4 Å². The fraction of sp³-hybridized carbons (Fsp3) is 0.750. The molecule has 0 saturated carbocycles. The van der Waals surface area contributed by atoms with Crippen molar-refractivity contribution in [1.82, 2.24) is 0 Å². The summed E-state index contributed by atoms with van der Waals surface area (Å²) < 4.78 is 41.3. The molecule has 1 aromatic rings. The Kier molecular flexibility index (Phi) is 7.24. The highest BCUT2D eigenvalue weighted by atomic mass is 79.9. The number of benzene rings is 1. The molecule has 3 aliphatic heterocycles. The third kappa shape index (κ3) is 4.46. The Hall–Kier alpha value is 0.615. The van der Waals surface area contributed by atoms with Crippen molar-refractivity contribution in [1.29, 1.82) is 0 Å². The van der Waals surface area contributed by atoms with Gasteiger partial charge in [-0.3, -0.25) is 0 Å². The summed E-state index contributed by atoms with van der Waals surface area (Å²) in [7, 11) is -1.93. The molecule has 0 aromatic heterocycles. The van der Waals surface area contributed by atoms with E-state index in [4.69, 9.17) is 27.9 Å². The number of rotatable bonds is 3. The minimum Gasteiger partial charge on any atom is -0.399 e. The Balaban J connectivity index is 1.93. The topological polar surface area (TPSA) is 55.4 Å². The number of halogens is 3. The Bertz CT molecular complexity index is 887. The lowest BCUT2D eigenvalue weighted by molar-refractivity contribution is 0.00578. The van der Waals surface area contributed by atoms with Crippen molar-refractivity contribution in [3.05, 3.63) is 13.4 Å². The van der Waals surface area contributed by atoms with Crippen LogP contribution in [0.25, 0.3) is 0 Å². The van der Waals surface area contributed by atoms with Crippen molar-refractivity contribution in [2.75, 3.05) is 0 Å². The average Bonchev–Trinajstić information content (AvgIpc) is 3.09. The molecule has 3 fully saturated rings. The fourth-order valence-electron chi connectivity index (χ4n) is 4.23. The van der Waals surface area contributed by atoms with E-state index < -0.39 is 55.0 Å². The highest BCUT2D eigenvalue weighted by Gasteiger charge is 2.58. The molecule has 0 unspecified atom stereocenters. The minimum atomic E-state index is -0.644. The first kappa shape index (κ1) is 29.6. The maximum absolute atomic E-state index is 6.49. The molecule has 3 heterocycles. The van der Waals surface area contributed by atoms with Crippen LogP contribution in [0.5, 0.6) is 0 Å². The normalized spacial score (nSPS) is 27.2. The van der Waals surface area contributed by atoms with Crippen molar-refractivity contribution < 1.29 is 27.9 Å². The quantitative estimate of drug-likeness (QED) is 0.422. The van der Waals surface area contributed by atoms with Gasteiger partial charge in [-0.15, -0.1) is 0 Å². The van der Waals surface area contributed by atoms with E-state index in [1.165, 1.54) is 0 Å². The van der Waals surface area contributed by atoms with Gasteiger partial charge in [0.2, 0.25) is 0 Å². The van der Waals surface area contributed by atoms with E-state index in [9.17, 15) is 0 Å². The van der Waals surface area contributed by atoms with E-state index in [1.807, 2.05) is 83.1 Å². The first-order chi connectivity index (χ1) is 16.1. The molecule has 0 radical (unpaired) electrons. The molecule has 1 aromatic carbocycles. The molecular weight excluding hydrogens is 656 g/mol. The molecular formula is C24H36B3Br3O6. The molecule has 12 heteroatoms. The van der Waals surface area contributed by atoms with Gasteiger partial charge < -0.3 is 27.9 Å². The summed E-state index contributed by atoms with van der Waals surface area (Å²) in [4.78, 5) is 0. The summed E-state index contributed by atoms with van der Waals surface area (Å²) in [5.41, 5.74) is -0.699. The zero-order chi connectivity index (χ0) is 27.4. The summed E-state index contributed by atoms with van der Waals surface area (Å²) in [5, 5.41) is 0. The average molecular weight is 693 g/mol. The van der Waals surface area contributed by atoms with Crippen LogP contribution in [0.4, 0.5) is 0 Å². The van der Waals surface area contributed by atoms with Crippen molar-refractivity contribution >= 4 is 85.5 Å². The lowest BCUT2D eigenvalue weighted by Gasteiger charge is -2.32. The van der Waals surface area contributed by atoms with Crippen LogP contribution in [0.2, 0.25) is 0 Å². The summed E-state index contributed by atoms with van der Waals surface area (Å²) in [6, 6.07) is 0. The Morgan fingerprint density at radius 1 is 0.361 bits per heavy atom. The standard InChI is InChI=1S/C24H36B3Br3O6/c1-19(2)20(3,4)32-25(31-19)13-16(28)14(26-33-21(5,6)22(7,8)34-26)18(30)15(17(13)29)27-35-23(9,10)24(11,12)36-27/h1-12H3. The summed E-state index contributed by atoms with van der Waals surface area (Å²) >= 11 is 11.6. The van der Waals surface area contributed by atoms with E-state index in [2.05, 4.69) is 47.8 Å². The molecule has 6 nitrogen and oxygen atoms in total. The van der Waals surface area contributed by atoms with Crippen molar-refractivity contribution in [2.24, 2.45) is 0 Å². The number of hydrogen-bond acceptors (Lipinski definition) is 6. The van der Waals surface area contributed by atoms with Crippen LogP contribution in [0.3, 0.4) is 0 Å². The van der Waals surface area contributed by atoms with Gasteiger partial charge in [0, 0.05) is 29.8 Å². The molecule has 198 valence electrons. The molecule has 36 heavy (non-hydrogen) atoms. The third-order valence-corrected chi connectivity index (χ3v) is 11.4. The SMILES string of the molecule is CC1(C)OB(c2c(Br)c(B3OC(C)(C)C(C)(C)O3)c(Br)c(B3OC(C)(C)C(C)(C)O3)c2Br)OC1(C)C. The van der Waals surface area contributed by atoms with Gasteiger partial charge >= 0.3 is 21.4 Å². The summed E-state index contributed by atoms with van der Waals surface area (Å²) in [6.07, 6.45) is 0. The van der Waals surface area contributed by atoms with Gasteiger partial charge in [-0.2, -0.15) is 0 Å². The highest BCUT2D eigenvalue weighted by molar-refractivity contribution is 9.12. The largest absolute Gasteiger partial charge is 0.497 e. The lowest BCUT2D eigenvalue weighted by atomic mass is 9.66. The molecule has 0 aliphatic carbocycles. The van der Waals surface area contributed by atoms with Crippen LogP contribution in [0, 0.1) is 0 Å². The highest BCUT2D eigenvalue weighted by Crippen LogP contribution is 2.42. The predicted octanol–water partition coefficient (Wildman–Crippen LogP) is 4.87. The van der Waals surface area contributed by atoms with Crippen LogP contribution in [-0.4, -0.2) is 55.0 Å². The lowest BCUT2D eigenvalue weighted by Crippen LogP contribution is -2.51. The van der Waals surface area contributed by atoms with Crippen LogP contribution in [-0.2, 0) is 27.9 Å². The first-order valence-electron chi connectivity index (χ1n) is 12.3. The van der Waals surface area contributed by atoms with Gasteiger partial charge in [-0.25, -0.2) is 0 Å². The molecule has 3 aliphatic rings. The minimum absolute atomic E-state index is 0.515. The predicted molar refractivity (Wildman–Crippen MR) is 157 cm³/mol. The van der Waals surface area contributed by atoms with Gasteiger partial charge in [0.05, 0.1) is 33.6 Å². The van der Waals surface area contributed by atoms with E-state index in [0.29, 0.717) is 0 Å². The van der Waals surface area contributed by atoms with Gasteiger partial charge in [0.15, 0.2) is 0 Å². The van der Waals surface area contributed by atoms with Gasteiger partial charge in [0.25, 0.3) is 0 Å². The molecule has 0 spiro atoms. The molecule has 0 N–H and O–H groups in total. The van der Waals surface area contributed by atoms with Gasteiger partial charge in [-0.1, -0.05) is 47.8 Å². The Labute approximate surface area is 242 Å². The molecule has 0 amide bonds. The van der Waals surface area contributed by atoms with Crippen molar-refractivity contribution in [2.45, 2.75) is 117 Å². The van der Waals surface area contributed by atoms with Crippen LogP contribution >= 0.6 is 47.8 Å². The molecule has 3 saturated heterocycles. The molecule has 0 atom stereocenters. The third-order valence-electron chi connectivity index (χ3n) is 8.89. The van der Waals surface area contributed by atoms with E-state index >= 15 is 0 Å². The van der Waals surface area contributed by atoms with E-state index in [0.717, 1.165) is 29.8 Å². The second-order valence-corrected chi connectivity index (χ2v) is 15.3. The fourth-order valence-corrected chi connectivity index (χ4v) is 7.34. The van der Waals surface area contributed by atoms with Crippen molar-refractivity contribution in [3.8, 4) is 0 Å². The van der Waals surface area contributed by atoms with E-state index in [-0.39, 0.29) is 0 Å². The molecule has 4 rings (SSSR count). The molecule has 0 bridgehead atoms. The zero-order valence-electron chi connectivity index (χ0n) is 23.3. The zero-order valence-corrected chi connectivity index (χ0v) is 28.1. The second kappa shape index (κ2) is 8.81. The monoisotopic (exact) mass is 690 g/mol. The van der Waals surface area contributed by atoms with Gasteiger partial charge in [-0.05, 0) is 83.1 Å². The Morgan fingerprint density at radius 3 is 0.639 bits per heavy atom. The maximum atomic E-state index is 6.49. The smallest absolute Gasteiger partial charge is 0.399 e. The summed E-state index contributed by atoms with van der Waals surface area (Å²) in [6.45, 7) is 24.5. The maximum Gasteiger partial charge on any atom is 0.497 e. The Morgan fingerprint density at radius 2 is 0.500 bits per heavy atom. The van der Waals surface area contributed by atoms with Crippen molar-refractivity contribution in [3.63, 3.8) is 0 Å². The second-order valence-electron chi connectivity index (χ2n) is 12.9. The van der Waals surface area contributed by atoms with Gasteiger partial charge in [0.1, 0.15) is 0 Å². The number of hydrogen-bond donors (Lipinski definition) is 0. The first-order valence-corrected chi connectivity index (χ1v) is 14.7. The van der Waals surface area contributed by atoms with Crippen LogP contribution in [0.15, 0.2) is 13.4 Å².